The maximum absolute atomic E-state index is 14.5. The highest BCUT2D eigenvalue weighted by atomic mass is 19.3. The molecule has 0 aliphatic rings. The fraction of sp³-hybridized carbons (Fsp3) is 0.545. The Morgan fingerprint density at radius 3 is 1.58 bits per heavy atom. The van der Waals surface area contributed by atoms with Crippen LogP contribution in [0.25, 0.3) is 0 Å². The summed E-state index contributed by atoms with van der Waals surface area (Å²) < 4.78 is 57.9. The smallest absolute Gasteiger partial charge is 0.199 e. The first-order valence-corrected chi connectivity index (χ1v) is 8.84. The Bertz CT molecular complexity index is 559. The summed E-state index contributed by atoms with van der Waals surface area (Å²) in [6.45, 7) is 20.0. The standard InChI is InChI=1S/C20H28F4.C2H6/c1-13(2)9-11-15(5)17(7)19(21,22)20(23,24)18(8)16(6)12-10-14(3)4;1-2/h9-12,17-18H,1,5H2,2-4,6-8H3;1-2H3/b11-9-,16-12+;. The summed E-state index contributed by atoms with van der Waals surface area (Å²) in [5, 5.41) is 0. The molecule has 0 bridgehead atoms. The third kappa shape index (κ3) is 7.35. The quantitative estimate of drug-likeness (QED) is 0.297. The number of hydrogen-bond acceptors (Lipinski definition) is 0. The fourth-order valence-electron chi connectivity index (χ4n) is 1.93. The minimum absolute atomic E-state index is 0.0548. The highest BCUT2D eigenvalue weighted by molar-refractivity contribution is 5.27. The van der Waals surface area contributed by atoms with Gasteiger partial charge in [-0.1, -0.05) is 81.9 Å². The molecule has 0 nitrogen and oxygen atoms in total. The molecule has 0 saturated carbocycles. The van der Waals surface area contributed by atoms with E-state index in [4.69, 9.17) is 0 Å². The molecule has 0 aliphatic heterocycles. The minimum Gasteiger partial charge on any atom is -0.199 e. The van der Waals surface area contributed by atoms with E-state index in [0.717, 1.165) is 19.4 Å². The molecule has 0 saturated heterocycles. The van der Waals surface area contributed by atoms with Crippen LogP contribution in [0, 0.1) is 11.8 Å². The Morgan fingerprint density at radius 1 is 0.769 bits per heavy atom. The summed E-state index contributed by atoms with van der Waals surface area (Å²) in [5.74, 6) is -11.7. The zero-order valence-corrected chi connectivity index (χ0v) is 17.4. The van der Waals surface area contributed by atoms with Crippen molar-refractivity contribution in [3.05, 3.63) is 59.8 Å². The van der Waals surface area contributed by atoms with Crippen LogP contribution in [0.1, 0.15) is 55.4 Å². The van der Waals surface area contributed by atoms with Gasteiger partial charge in [-0.3, -0.25) is 0 Å². The van der Waals surface area contributed by atoms with Crippen molar-refractivity contribution in [2.75, 3.05) is 0 Å². The van der Waals surface area contributed by atoms with Crippen molar-refractivity contribution in [3.63, 3.8) is 0 Å². The molecule has 0 radical (unpaired) electrons. The second-order valence-electron chi connectivity index (χ2n) is 6.60. The summed E-state index contributed by atoms with van der Waals surface area (Å²) in [4.78, 5) is 0. The topological polar surface area (TPSA) is 0 Å². The van der Waals surface area contributed by atoms with E-state index in [9.17, 15) is 17.6 Å². The van der Waals surface area contributed by atoms with Gasteiger partial charge in [0.15, 0.2) is 0 Å². The van der Waals surface area contributed by atoms with E-state index in [1.165, 1.54) is 25.2 Å². The van der Waals surface area contributed by atoms with Crippen molar-refractivity contribution in [2.24, 2.45) is 11.8 Å². The van der Waals surface area contributed by atoms with Gasteiger partial charge in [0.25, 0.3) is 0 Å². The first-order chi connectivity index (χ1) is 11.7. The molecule has 0 rings (SSSR count). The van der Waals surface area contributed by atoms with Crippen molar-refractivity contribution in [1.82, 2.24) is 0 Å². The van der Waals surface area contributed by atoms with E-state index >= 15 is 0 Å². The maximum Gasteiger partial charge on any atom is 0.317 e. The van der Waals surface area contributed by atoms with Gasteiger partial charge in [0, 0.05) is 5.92 Å². The molecule has 0 aromatic carbocycles. The van der Waals surface area contributed by atoms with Crippen molar-refractivity contribution in [3.8, 4) is 0 Å². The van der Waals surface area contributed by atoms with Crippen molar-refractivity contribution < 1.29 is 17.6 Å². The van der Waals surface area contributed by atoms with Gasteiger partial charge in [0.1, 0.15) is 0 Å². The van der Waals surface area contributed by atoms with Gasteiger partial charge in [-0.2, -0.15) is 17.6 Å². The predicted octanol–water partition coefficient (Wildman–Crippen LogP) is 8.16. The highest BCUT2D eigenvalue weighted by Gasteiger charge is 2.62. The predicted molar refractivity (Wildman–Crippen MR) is 106 cm³/mol. The summed E-state index contributed by atoms with van der Waals surface area (Å²) in [7, 11) is 0. The van der Waals surface area contributed by atoms with Gasteiger partial charge in [-0.25, -0.2) is 0 Å². The molecule has 0 aromatic rings. The van der Waals surface area contributed by atoms with Crippen LogP contribution in [-0.2, 0) is 0 Å². The van der Waals surface area contributed by atoms with Gasteiger partial charge in [-0.05, 0) is 33.3 Å². The molecule has 2 atom stereocenters. The summed E-state index contributed by atoms with van der Waals surface area (Å²) in [6.07, 6.45) is 5.90. The van der Waals surface area contributed by atoms with E-state index in [1.807, 2.05) is 13.8 Å². The van der Waals surface area contributed by atoms with E-state index in [0.29, 0.717) is 5.57 Å². The Labute approximate surface area is 157 Å². The lowest BCUT2D eigenvalue weighted by Gasteiger charge is -2.36. The summed E-state index contributed by atoms with van der Waals surface area (Å²) in [6, 6.07) is 0. The summed E-state index contributed by atoms with van der Waals surface area (Å²) >= 11 is 0. The molecule has 0 N–H and O–H groups in total. The van der Waals surface area contributed by atoms with Crippen LogP contribution < -0.4 is 0 Å². The normalized spacial score (nSPS) is 15.0. The van der Waals surface area contributed by atoms with Crippen LogP contribution in [-0.4, -0.2) is 11.8 Å². The molecule has 0 spiro atoms. The molecule has 0 aliphatic carbocycles. The van der Waals surface area contributed by atoms with Crippen molar-refractivity contribution in [2.45, 2.75) is 67.2 Å². The fourth-order valence-corrected chi connectivity index (χ4v) is 1.93. The third-order valence-corrected chi connectivity index (χ3v) is 4.03. The molecule has 4 heteroatoms. The average molecular weight is 375 g/mol. The lowest BCUT2D eigenvalue weighted by molar-refractivity contribution is -0.244. The number of alkyl halides is 4. The minimum atomic E-state index is -4.22. The molecule has 26 heavy (non-hydrogen) atoms. The lowest BCUT2D eigenvalue weighted by Crippen LogP contribution is -2.50. The van der Waals surface area contributed by atoms with E-state index in [2.05, 4.69) is 13.2 Å². The number of halogens is 4. The number of hydrogen-bond donors (Lipinski definition) is 0. The zero-order chi connectivity index (χ0) is 21.3. The van der Waals surface area contributed by atoms with E-state index in [-0.39, 0.29) is 11.1 Å². The number of allylic oxidation sites excluding steroid dienone is 8. The van der Waals surface area contributed by atoms with Crippen LogP contribution >= 0.6 is 0 Å². The first-order valence-electron chi connectivity index (χ1n) is 8.84. The third-order valence-electron chi connectivity index (χ3n) is 4.03. The Kier molecular flexibility index (Phi) is 11.5. The van der Waals surface area contributed by atoms with Crippen LogP contribution in [0.2, 0.25) is 0 Å². The maximum atomic E-state index is 14.5. The van der Waals surface area contributed by atoms with Gasteiger partial charge >= 0.3 is 11.8 Å². The molecule has 0 heterocycles. The van der Waals surface area contributed by atoms with Crippen molar-refractivity contribution >= 4 is 0 Å². The molecule has 150 valence electrons. The monoisotopic (exact) mass is 374 g/mol. The largest absolute Gasteiger partial charge is 0.317 e. The van der Waals surface area contributed by atoms with Gasteiger partial charge in [0.2, 0.25) is 0 Å². The lowest BCUT2D eigenvalue weighted by atomic mass is 9.82. The molecular formula is C22H34F4. The molecular weight excluding hydrogens is 340 g/mol. The Hall–Kier alpha value is -1.58. The van der Waals surface area contributed by atoms with Crippen molar-refractivity contribution in [1.29, 1.82) is 0 Å². The average Bonchev–Trinajstić information content (AvgIpc) is 2.57. The van der Waals surface area contributed by atoms with Gasteiger partial charge in [0.05, 0.1) is 5.92 Å². The summed E-state index contributed by atoms with van der Waals surface area (Å²) in [5.41, 5.74) is 1.69. The van der Waals surface area contributed by atoms with Gasteiger partial charge in [-0.15, -0.1) is 0 Å². The van der Waals surface area contributed by atoms with Crippen LogP contribution in [0.3, 0.4) is 0 Å². The second-order valence-corrected chi connectivity index (χ2v) is 6.60. The first kappa shape index (κ1) is 26.6. The molecule has 2 unspecified atom stereocenters. The SMILES string of the molecule is C=C(C)/C=C\C(=C)C(C)C(F)(F)C(F)(F)C(C)/C(C)=C/C=C(C)C.CC. The second kappa shape index (κ2) is 11.2. The molecule has 0 amide bonds. The Morgan fingerprint density at radius 2 is 1.19 bits per heavy atom. The Balaban J connectivity index is 0. The van der Waals surface area contributed by atoms with Crippen LogP contribution in [0.5, 0.6) is 0 Å². The molecule has 0 aromatic heterocycles. The van der Waals surface area contributed by atoms with Crippen LogP contribution in [0.15, 0.2) is 59.8 Å². The van der Waals surface area contributed by atoms with E-state index < -0.39 is 23.7 Å². The van der Waals surface area contributed by atoms with E-state index in [1.54, 1.807) is 26.8 Å². The molecule has 0 fully saturated rings. The van der Waals surface area contributed by atoms with Crippen LogP contribution in [0.4, 0.5) is 17.6 Å². The zero-order valence-electron chi connectivity index (χ0n) is 17.4. The van der Waals surface area contributed by atoms with Gasteiger partial charge < -0.3 is 0 Å². The highest BCUT2D eigenvalue weighted by Crippen LogP contribution is 2.48. The number of rotatable bonds is 8.